The number of aliphatic hydroxyl groups is 1. The van der Waals surface area contributed by atoms with E-state index in [1.54, 1.807) is 0 Å². The van der Waals surface area contributed by atoms with E-state index in [0.717, 1.165) is 12.3 Å². The lowest BCUT2D eigenvalue weighted by molar-refractivity contribution is 0.0458. The first-order valence-electron chi connectivity index (χ1n) is 5.90. The van der Waals surface area contributed by atoms with Gasteiger partial charge in [-0.15, -0.1) is 0 Å². The molecular weight excluding hydrogens is 174 g/mol. The first kappa shape index (κ1) is 10.4. The Labute approximate surface area is 86.9 Å². The first-order chi connectivity index (χ1) is 6.52. The van der Waals surface area contributed by atoms with E-state index in [1.807, 2.05) is 0 Å². The van der Waals surface area contributed by atoms with Crippen molar-refractivity contribution in [2.45, 2.75) is 52.1 Å². The third kappa shape index (κ3) is 1.24. The van der Waals surface area contributed by atoms with Gasteiger partial charge in [0, 0.05) is 6.54 Å². The second-order valence-electron chi connectivity index (χ2n) is 5.87. The molecular formula is C12H23NO. The summed E-state index contributed by atoms with van der Waals surface area (Å²) in [4.78, 5) is 0. The topological polar surface area (TPSA) is 46.2 Å². The lowest BCUT2D eigenvalue weighted by atomic mass is 9.66. The van der Waals surface area contributed by atoms with E-state index in [0.29, 0.717) is 17.4 Å². The van der Waals surface area contributed by atoms with Crippen LogP contribution in [0.25, 0.3) is 0 Å². The van der Waals surface area contributed by atoms with E-state index in [-0.39, 0.29) is 6.10 Å². The van der Waals surface area contributed by atoms with Gasteiger partial charge in [-0.1, -0.05) is 13.8 Å². The van der Waals surface area contributed by atoms with Gasteiger partial charge >= 0.3 is 0 Å². The van der Waals surface area contributed by atoms with Crippen molar-refractivity contribution in [1.82, 2.24) is 0 Å². The third-order valence-corrected chi connectivity index (χ3v) is 5.23. The van der Waals surface area contributed by atoms with Gasteiger partial charge in [0.25, 0.3) is 0 Å². The lowest BCUT2D eigenvalue weighted by Crippen LogP contribution is -2.36. The van der Waals surface area contributed by atoms with Gasteiger partial charge in [0.05, 0.1) is 6.10 Å². The number of rotatable bonds is 3. The number of hydrogen-bond donors (Lipinski definition) is 2. The van der Waals surface area contributed by atoms with Crippen molar-refractivity contribution < 1.29 is 5.11 Å². The molecule has 0 amide bonds. The number of nitrogens with two attached hydrogens (primary N) is 1. The third-order valence-electron chi connectivity index (χ3n) is 5.23. The highest BCUT2D eigenvalue weighted by molar-refractivity contribution is 5.08. The Morgan fingerprint density at radius 1 is 1.36 bits per heavy atom. The molecule has 1 atom stereocenters. The van der Waals surface area contributed by atoms with Crippen LogP contribution < -0.4 is 5.73 Å². The van der Waals surface area contributed by atoms with Gasteiger partial charge in [-0.3, -0.25) is 0 Å². The SMILES string of the molecule is CC1(C)C2CCC1(CC(O)CN)CC2. The van der Waals surface area contributed by atoms with E-state index >= 15 is 0 Å². The maximum absolute atomic E-state index is 9.74. The van der Waals surface area contributed by atoms with Crippen molar-refractivity contribution in [2.24, 2.45) is 22.5 Å². The fourth-order valence-corrected chi connectivity index (χ4v) is 3.97. The van der Waals surface area contributed by atoms with Crippen molar-refractivity contribution in [3.8, 4) is 0 Å². The quantitative estimate of drug-likeness (QED) is 0.726. The van der Waals surface area contributed by atoms with E-state index in [2.05, 4.69) is 13.8 Å². The highest BCUT2D eigenvalue weighted by Crippen LogP contribution is 2.67. The van der Waals surface area contributed by atoms with E-state index < -0.39 is 0 Å². The van der Waals surface area contributed by atoms with Crippen LogP contribution in [-0.4, -0.2) is 17.8 Å². The zero-order chi connectivity index (χ0) is 10.4. The largest absolute Gasteiger partial charge is 0.392 e. The Bertz CT molecular complexity index is 216. The molecule has 0 aromatic carbocycles. The molecule has 1 unspecified atom stereocenters. The molecule has 0 radical (unpaired) electrons. The van der Waals surface area contributed by atoms with Crippen LogP contribution in [0, 0.1) is 16.7 Å². The van der Waals surface area contributed by atoms with Crippen molar-refractivity contribution in [3.05, 3.63) is 0 Å². The fraction of sp³-hybridized carbons (Fsp3) is 1.00. The monoisotopic (exact) mass is 197 g/mol. The van der Waals surface area contributed by atoms with Gasteiger partial charge < -0.3 is 10.8 Å². The summed E-state index contributed by atoms with van der Waals surface area (Å²) in [5, 5.41) is 9.74. The van der Waals surface area contributed by atoms with Crippen LogP contribution in [0.2, 0.25) is 0 Å². The minimum Gasteiger partial charge on any atom is -0.392 e. The molecule has 0 heterocycles. The molecule has 2 aliphatic carbocycles. The molecule has 0 aromatic heterocycles. The molecule has 2 nitrogen and oxygen atoms in total. The summed E-state index contributed by atoms with van der Waals surface area (Å²) in [5.74, 6) is 0.896. The maximum atomic E-state index is 9.74. The van der Waals surface area contributed by atoms with E-state index in [4.69, 9.17) is 5.73 Å². The summed E-state index contributed by atoms with van der Waals surface area (Å²) in [7, 11) is 0. The van der Waals surface area contributed by atoms with Crippen LogP contribution in [0.5, 0.6) is 0 Å². The average molecular weight is 197 g/mol. The van der Waals surface area contributed by atoms with Crippen LogP contribution in [-0.2, 0) is 0 Å². The van der Waals surface area contributed by atoms with Crippen molar-refractivity contribution in [3.63, 3.8) is 0 Å². The summed E-state index contributed by atoms with van der Waals surface area (Å²) in [6, 6.07) is 0. The minimum absolute atomic E-state index is 0.286. The molecule has 2 bridgehead atoms. The molecule has 82 valence electrons. The van der Waals surface area contributed by atoms with Crippen LogP contribution in [0.4, 0.5) is 0 Å². The Balaban J connectivity index is 2.15. The molecule has 0 aliphatic heterocycles. The van der Waals surface area contributed by atoms with Crippen LogP contribution in [0.1, 0.15) is 46.0 Å². The number of aliphatic hydroxyl groups excluding tert-OH is 1. The van der Waals surface area contributed by atoms with Gasteiger partial charge in [-0.05, 0) is 48.9 Å². The van der Waals surface area contributed by atoms with Crippen molar-refractivity contribution in [1.29, 1.82) is 0 Å². The molecule has 0 saturated heterocycles. The fourth-order valence-electron chi connectivity index (χ4n) is 3.97. The Morgan fingerprint density at radius 3 is 2.29 bits per heavy atom. The minimum atomic E-state index is -0.286. The summed E-state index contributed by atoms with van der Waals surface area (Å²) >= 11 is 0. The molecule has 2 rings (SSSR count). The van der Waals surface area contributed by atoms with Crippen LogP contribution in [0.3, 0.4) is 0 Å². The molecule has 14 heavy (non-hydrogen) atoms. The van der Waals surface area contributed by atoms with Gasteiger partial charge in [0.15, 0.2) is 0 Å². The molecule has 2 saturated carbocycles. The predicted octanol–water partition coefficient (Wildman–Crippen LogP) is 1.91. The van der Waals surface area contributed by atoms with Gasteiger partial charge in [0.1, 0.15) is 0 Å². The molecule has 2 fully saturated rings. The Hall–Kier alpha value is -0.0800. The molecule has 2 heteroatoms. The highest BCUT2D eigenvalue weighted by Gasteiger charge is 2.58. The maximum Gasteiger partial charge on any atom is 0.0667 e. The molecule has 0 aromatic rings. The smallest absolute Gasteiger partial charge is 0.0667 e. The normalized spacial score (nSPS) is 41.6. The molecule has 3 N–H and O–H groups in total. The standard InChI is InChI=1S/C12H23NO/c1-11(2)9-3-5-12(11,6-4-9)7-10(14)8-13/h9-10,14H,3-8,13H2,1-2H3. The first-order valence-corrected chi connectivity index (χ1v) is 5.90. The van der Waals surface area contributed by atoms with Crippen molar-refractivity contribution in [2.75, 3.05) is 6.54 Å². The second kappa shape index (κ2) is 3.21. The number of hydrogen-bond acceptors (Lipinski definition) is 2. The highest BCUT2D eigenvalue weighted by atomic mass is 16.3. The molecule has 2 aliphatic rings. The van der Waals surface area contributed by atoms with Gasteiger partial charge in [-0.2, -0.15) is 0 Å². The summed E-state index contributed by atoms with van der Waals surface area (Å²) in [6.07, 6.45) is 5.98. The zero-order valence-corrected chi connectivity index (χ0v) is 9.42. The predicted molar refractivity (Wildman–Crippen MR) is 57.9 cm³/mol. The molecule has 0 spiro atoms. The summed E-state index contributed by atoms with van der Waals surface area (Å²) in [6.45, 7) is 5.20. The van der Waals surface area contributed by atoms with Crippen LogP contribution in [0.15, 0.2) is 0 Å². The second-order valence-corrected chi connectivity index (χ2v) is 5.87. The average Bonchev–Trinajstić information content (AvgIpc) is 2.52. The number of fused-ring (bicyclic) bond motifs is 2. The Kier molecular flexibility index (Phi) is 2.39. The lowest BCUT2D eigenvalue weighted by Gasteiger charge is -2.39. The van der Waals surface area contributed by atoms with Gasteiger partial charge in [0.2, 0.25) is 0 Å². The van der Waals surface area contributed by atoms with E-state index in [1.165, 1.54) is 25.7 Å². The Morgan fingerprint density at radius 2 is 1.93 bits per heavy atom. The van der Waals surface area contributed by atoms with Crippen LogP contribution >= 0.6 is 0 Å². The van der Waals surface area contributed by atoms with E-state index in [9.17, 15) is 5.11 Å². The zero-order valence-electron chi connectivity index (χ0n) is 9.42. The summed E-state index contributed by atoms with van der Waals surface area (Å²) in [5.41, 5.74) is 6.35. The summed E-state index contributed by atoms with van der Waals surface area (Å²) < 4.78 is 0. The van der Waals surface area contributed by atoms with Crippen molar-refractivity contribution >= 4 is 0 Å². The van der Waals surface area contributed by atoms with Gasteiger partial charge in [-0.25, -0.2) is 0 Å².